The maximum absolute atomic E-state index is 12.8. The third-order valence-corrected chi connectivity index (χ3v) is 4.95. The lowest BCUT2D eigenvalue weighted by Crippen LogP contribution is -2.14. The average molecular weight is 367 g/mol. The Morgan fingerprint density at radius 2 is 1.81 bits per heavy atom. The number of aryl methyl sites for hydroxylation is 1. The number of Topliss-reactive ketones (excluding diaryl/α,β-unsaturated/α-hetero) is 1. The molecule has 0 fully saturated rings. The summed E-state index contributed by atoms with van der Waals surface area (Å²) in [5.74, 6) is 1.61. The minimum Gasteiger partial charge on any atom is -0.494 e. The number of rotatable bonds is 7. The van der Waals surface area contributed by atoms with Gasteiger partial charge < -0.3 is 4.74 Å². The number of benzene rings is 2. The molecule has 3 rings (SSSR count). The van der Waals surface area contributed by atoms with Crippen LogP contribution >= 0.6 is 11.8 Å². The molecule has 0 aliphatic heterocycles. The molecular formula is C20H21N3O2S. The topological polar surface area (TPSA) is 57.0 Å². The SMILES string of the molecule is CCOc1ccc(C(=O)[C@@H](C)Sc2nnc(C)n2-c2ccccc2)cc1. The summed E-state index contributed by atoms with van der Waals surface area (Å²) in [7, 11) is 0. The van der Waals surface area contributed by atoms with Crippen molar-refractivity contribution in [3.63, 3.8) is 0 Å². The van der Waals surface area contributed by atoms with Crippen molar-refractivity contribution in [2.45, 2.75) is 31.2 Å². The molecule has 0 spiro atoms. The first kappa shape index (κ1) is 18.2. The van der Waals surface area contributed by atoms with Gasteiger partial charge in [-0.25, -0.2) is 0 Å². The molecular weight excluding hydrogens is 346 g/mol. The van der Waals surface area contributed by atoms with Gasteiger partial charge in [-0.1, -0.05) is 30.0 Å². The van der Waals surface area contributed by atoms with Crippen molar-refractivity contribution in [3.8, 4) is 11.4 Å². The molecule has 134 valence electrons. The van der Waals surface area contributed by atoms with Crippen LogP contribution in [0.5, 0.6) is 5.75 Å². The minimum atomic E-state index is -0.279. The molecule has 1 atom stereocenters. The van der Waals surface area contributed by atoms with Gasteiger partial charge in [0.05, 0.1) is 11.9 Å². The van der Waals surface area contributed by atoms with E-state index in [1.165, 1.54) is 11.8 Å². The molecule has 0 N–H and O–H groups in total. The first-order chi connectivity index (χ1) is 12.6. The number of hydrogen-bond donors (Lipinski definition) is 0. The number of ether oxygens (including phenoxy) is 1. The summed E-state index contributed by atoms with van der Waals surface area (Å²) in [4.78, 5) is 12.8. The lowest BCUT2D eigenvalue weighted by atomic mass is 10.1. The van der Waals surface area contributed by atoms with Crippen LogP contribution in [0.1, 0.15) is 30.0 Å². The van der Waals surface area contributed by atoms with Crippen LogP contribution in [0.3, 0.4) is 0 Å². The maximum Gasteiger partial charge on any atom is 0.196 e. The third kappa shape index (κ3) is 3.96. The van der Waals surface area contributed by atoms with Crippen LogP contribution in [-0.2, 0) is 0 Å². The van der Waals surface area contributed by atoms with Crippen LogP contribution < -0.4 is 4.74 Å². The second kappa shape index (κ2) is 8.19. The number of carbonyl (C=O) groups excluding carboxylic acids is 1. The van der Waals surface area contributed by atoms with Crippen molar-refractivity contribution in [2.75, 3.05) is 6.61 Å². The Kier molecular flexibility index (Phi) is 5.73. The summed E-state index contributed by atoms with van der Waals surface area (Å²) in [6, 6.07) is 17.2. The van der Waals surface area contributed by atoms with E-state index in [0.29, 0.717) is 17.3 Å². The van der Waals surface area contributed by atoms with E-state index < -0.39 is 0 Å². The highest BCUT2D eigenvalue weighted by molar-refractivity contribution is 8.00. The quantitative estimate of drug-likeness (QED) is 0.459. The summed E-state index contributed by atoms with van der Waals surface area (Å²) in [6.07, 6.45) is 0. The van der Waals surface area contributed by atoms with E-state index in [9.17, 15) is 4.79 Å². The standard InChI is InChI=1S/C20H21N3O2S/c1-4-25-18-12-10-16(11-13-18)19(24)14(2)26-20-22-21-15(3)23(20)17-8-6-5-7-9-17/h5-14H,4H2,1-3H3/t14-/m1/s1. The molecule has 0 saturated carbocycles. The Morgan fingerprint density at radius 1 is 1.12 bits per heavy atom. The van der Waals surface area contributed by atoms with Gasteiger partial charge in [-0.15, -0.1) is 10.2 Å². The maximum atomic E-state index is 12.8. The zero-order valence-corrected chi connectivity index (χ0v) is 15.9. The first-order valence-corrected chi connectivity index (χ1v) is 9.39. The molecule has 1 aromatic heterocycles. The van der Waals surface area contributed by atoms with Crippen molar-refractivity contribution < 1.29 is 9.53 Å². The van der Waals surface area contributed by atoms with Crippen LogP contribution in [0.15, 0.2) is 59.8 Å². The van der Waals surface area contributed by atoms with E-state index in [1.54, 1.807) is 12.1 Å². The number of hydrogen-bond acceptors (Lipinski definition) is 5. The molecule has 0 bridgehead atoms. The van der Waals surface area contributed by atoms with Gasteiger partial charge in [-0.3, -0.25) is 9.36 Å². The van der Waals surface area contributed by atoms with Crippen molar-refractivity contribution in [2.24, 2.45) is 0 Å². The van der Waals surface area contributed by atoms with Gasteiger partial charge in [0.1, 0.15) is 11.6 Å². The summed E-state index contributed by atoms with van der Waals surface area (Å²) < 4.78 is 7.39. The predicted octanol–water partition coefficient (Wildman–Crippen LogP) is 4.34. The normalized spacial score (nSPS) is 12.0. The fourth-order valence-corrected chi connectivity index (χ4v) is 3.61. The van der Waals surface area contributed by atoms with E-state index in [1.807, 2.05) is 67.8 Å². The first-order valence-electron chi connectivity index (χ1n) is 8.51. The Balaban J connectivity index is 1.78. The Morgan fingerprint density at radius 3 is 2.46 bits per heavy atom. The lowest BCUT2D eigenvalue weighted by molar-refractivity contribution is 0.0994. The van der Waals surface area contributed by atoms with E-state index in [2.05, 4.69) is 10.2 Å². The Labute approximate surface area is 157 Å². The number of ketones is 1. The van der Waals surface area contributed by atoms with Gasteiger partial charge in [0, 0.05) is 11.3 Å². The summed E-state index contributed by atoms with van der Waals surface area (Å²) in [6.45, 7) is 6.34. The van der Waals surface area contributed by atoms with Crippen LogP contribution in [0.25, 0.3) is 5.69 Å². The van der Waals surface area contributed by atoms with Gasteiger partial charge >= 0.3 is 0 Å². The minimum absolute atomic E-state index is 0.0540. The van der Waals surface area contributed by atoms with Crippen LogP contribution in [0.2, 0.25) is 0 Å². The predicted molar refractivity (Wildman–Crippen MR) is 103 cm³/mol. The lowest BCUT2D eigenvalue weighted by Gasteiger charge is -2.12. The van der Waals surface area contributed by atoms with Crippen molar-refractivity contribution >= 4 is 17.5 Å². The van der Waals surface area contributed by atoms with Crippen LogP contribution in [0.4, 0.5) is 0 Å². The highest BCUT2D eigenvalue weighted by Crippen LogP contribution is 2.27. The molecule has 0 aliphatic rings. The Bertz CT molecular complexity index is 876. The van der Waals surface area contributed by atoms with E-state index >= 15 is 0 Å². The molecule has 3 aromatic rings. The van der Waals surface area contributed by atoms with Gasteiger partial charge in [0.2, 0.25) is 0 Å². The van der Waals surface area contributed by atoms with E-state index in [0.717, 1.165) is 17.3 Å². The molecule has 6 heteroatoms. The highest BCUT2D eigenvalue weighted by atomic mass is 32.2. The molecule has 0 radical (unpaired) electrons. The monoisotopic (exact) mass is 367 g/mol. The molecule has 0 amide bonds. The molecule has 0 aliphatic carbocycles. The zero-order valence-electron chi connectivity index (χ0n) is 15.0. The largest absolute Gasteiger partial charge is 0.494 e. The van der Waals surface area contributed by atoms with Crippen molar-refractivity contribution in [1.82, 2.24) is 14.8 Å². The molecule has 5 nitrogen and oxygen atoms in total. The van der Waals surface area contributed by atoms with Crippen molar-refractivity contribution in [3.05, 3.63) is 66.0 Å². The molecule has 0 saturated heterocycles. The summed E-state index contributed by atoms with van der Waals surface area (Å²) in [5, 5.41) is 8.85. The summed E-state index contributed by atoms with van der Waals surface area (Å²) >= 11 is 1.41. The number of thioether (sulfide) groups is 1. The highest BCUT2D eigenvalue weighted by Gasteiger charge is 2.21. The van der Waals surface area contributed by atoms with Crippen LogP contribution in [0, 0.1) is 6.92 Å². The molecule has 1 heterocycles. The smallest absolute Gasteiger partial charge is 0.196 e. The molecule has 0 unspecified atom stereocenters. The second-order valence-electron chi connectivity index (χ2n) is 5.78. The van der Waals surface area contributed by atoms with Crippen molar-refractivity contribution in [1.29, 1.82) is 0 Å². The molecule has 2 aromatic carbocycles. The van der Waals surface area contributed by atoms with E-state index in [-0.39, 0.29) is 11.0 Å². The van der Waals surface area contributed by atoms with Gasteiger partial charge in [-0.2, -0.15) is 0 Å². The zero-order chi connectivity index (χ0) is 18.5. The third-order valence-electron chi connectivity index (χ3n) is 3.91. The van der Waals surface area contributed by atoms with Crippen LogP contribution in [-0.4, -0.2) is 32.4 Å². The summed E-state index contributed by atoms with van der Waals surface area (Å²) in [5.41, 5.74) is 1.65. The average Bonchev–Trinajstić information content (AvgIpc) is 3.03. The second-order valence-corrected chi connectivity index (χ2v) is 7.09. The fraction of sp³-hybridized carbons (Fsp3) is 0.250. The number of para-hydroxylation sites is 1. The van der Waals surface area contributed by atoms with Gasteiger partial charge in [0.25, 0.3) is 0 Å². The molecule has 26 heavy (non-hydrogen) atoms. The number of nitrogens with zero attached hydrogens (tertiary/aromatic N) is 3. The number of carbonyl (C=O) groups is 1. The van der Waals surface area contributed by atoms with E-state index in [4.69, 9.17) is 4.74 Å². The fourth-order valence-electron chi connectivity index (χ4n) is 2.62. The van der Waals surface area contributed by atoms with Gasteiger partial charge in [0.15, 0.2) is 10.9 Å². The number of aromatic nitrogens is 3. The van der Waals surface area contributed by atoms with Gasteiger partial charge in [-0.05, 0) is 57.2 Å². The Hall–Kier alpha value is -2.60.